The number of anilines is 1. The topological polar surface area (TPSA) is 83.0 Å². The number of ether oxygens (including phenoxy) is 1. The molecule has 3 atom stereocenters. The molecule has 2 saturated heterocycles. The number of carboxylic acids is 1. The third-order valence-corrected chi connectivity index (χ3v) is 10.1. The van der Waals surface area contributed by atoms with Crippen LogP contribution in [-0.4, -0.2) is 53.0 Å². The van der Waals surface area contributed by atoms with Gasteiger partial charge in [0.25, 0.3) is 5.91 Å². The highest BCUT2D eigenvalue weighted by Gasteiger charge is 2.46. The number of amides is 1. The fourth-order valence-electron chi connectivity index (χ4n) is 6.95. The second-order valence-electron chi connectivity index (χ2n) is 11.9. The molecule has 2 aromatic carbocycles. The van der Waals surface area contributed by atoms with Crippen LogP contribution in [0.1, 0.15) is 66.1 Å². The minimum Gasteiger partial charge on any atom is -0.488 e. The summed E-state index contributed by atoms with van der Waals surface area (Å²) in [5.41, 5.74) is 5.97. The Morgan fingerprint density at radius 2 is 1.78 bits per heavy atom. The molecule has 3 aliphatic rings. The Bertz CT molecular complexity index is 1420. The zero-order chi connectivity index (χ0) is 28.5. The number of carboxylic acid groups (broad SMARTS) is 1. The third-order valence-electron chi connectivity index (χ3n) is 9.15. The van der Waals surface area contributed by atoms with Crippen LogP contribution in [0, 0.1) is 24.7 Å². The van der Waals surface area contributed by atoms with Gasteiger partial charge in [0.05, 0.1) is 11.6 Å². The van der Waals surface area contributed by atoms with Crippen LogP contribution in [0.4, 0.5) is 5.13 Å². The lowest BCUT2D eigenvalue weighted by Gasteiger charge is -2.35. The van der Waals surface area contributed by atoms with Crippen LogP contribution in [-0.2, 0) is 17.8 Å². The third kappa shape index (κ3) is 5.71. The van der Waals surface area contributed by atoms with Gasteiger partial charge in [0, 0.05) is 42.7 Å². The summed E-state index contributed by atoms with van der Waals surface area (Å²) in [7, 11) is 0. The summed E-state index contributed by atoms with van der Waals surface area (Å²) in [6.45, 7) is 7.82. The van der Waals surface area contributed by atoms with Gasteiger partial charge in [-0.05, 0) is 92.7 Å². The number of benzene rings is 2. The normalized spacial score (nSPS) is 22.1. The fraction of sp³-hybridized carbons (Fsp3) is 0.485. The number of aryl methyl sites for hydroxylation is 2. The van der Waals surface area contributed by atoms with Gasteiger partial charge in [0.1, 0.15) is 12.4 Å². The van der Waals surface area contributed by atoms with E-state index in [1.807, 2.05) is 29.2 Å². The molecular weight excluding hydrogens is 534 g/mol. The van der Waals surface area contributed by atoms with Crippen LogP contribution >= 0.6 is 11.3 Å². The van der Waals surface area contributed by atoms with Crippen molar-refractivity contribution in [1.29, 1.82) is 0 Å². The van der Waals surface area contributed by atoms with E-state index in [1.54, 1.807) is 11.3 Å². The molecule has 1 unspecified atom stereocenters. The zero-order valence-electron chi connectivity index (χ0n) is 24.0. The molecule has 0 spiro atoms. The van der Waals surface area contributed by atoms with Crippen molar-refractivity contribution >= 4 is 28.3 Å². The minimum absolute atomic E-state index is 0.132. The predicted molar refractivity (Wildman–Crippen MR) is 162 cm³/mol. The van der Waals surface area contributed by atoms with Crippen molar-refractivity contribution in [2.45, 2.75) is 59.0 Å². The van der Waals surface area contributed by atoms with Crippen LogP contribution in [0.2, 0.25) is 0 Å². The molecule has 1 aromatic heterocycles. The van der Waals surface area contributed by atoms with Gasteiger partial charge >= 0.3 is 5.97 Å². The summed E-state index contributed by atoms with van der Waals surface area (Å²) >= 11 is 1.62. The summed E-state index contributed by atoms with van der Waals surface area (Å²) in [6, 6.07) is 12.2. The molecule has 3 aromatic rings. The maximum Gasteiger partial charge on any atom is 0.307 e. The van der Waals surface area contributed by atoms with Gasteiger partial charge in [-0.3, -0.25) is 9.59 Å². The number of aromatic nitrogens is 1. The van der Waals surface area contributed by atoms with Crippen LogP contribution in [0.3, 0.4) is 0 Å². The summed E-state index contributed by atoms with van der Waals surface area (Å²) < 4.78 is 6.42. The summed E-state index contributed by atoms with van der Waals surface area (Å²) in [5, 5.41) is 12.7. The summed E-state index contributed by atoms with van der Waals surface area (Å²) in [5.74, 6) is 0.455. The van der Waals surface area contributed by atoms with Gasteiger partial charge in [-0.25, -0.2) is 4.98 Å². The lowest BCUT2D eigenvalue weighted by atomic mass is 9.85. The van der Waals surface area contributed by atoms with Gasteiger partial charge < -0.3 is 19.6 Å². The highest BCUT2D eigenvalue weighted by molar-refractivity contribution is 7.14. The van der Waals surface area contributed by atoms with Crippen molar-refractivity contribution in [2.24, 2.45) is 17.8 Å². The average Bonchev–Trinajstić information content (AvgIpc) is 3.59. The Hall–Kier alpha value is -3.39. The number of hydrogen-bond donors (Lipinski definition) is 1. The van der Waals surface area contributed by atoms with Gasteiger partial charge in [-0.15, -0.1) is 11.3 Å². The molecule has 41 heavy (non-hydrogen) atoms. The molecule has 1 N–H and O–H groups in total. The first-order chi connectivity index (χ1) is 19.9. The number of fused-ring (bicyclic) bond motifs is 2. The van der Waals surface area contributed by atoms with E-state index in [2.05, 4.69) is 36.3 Å². The van der Waals surface area contributed by atoms with Crippen LogP contribution in [0.5, 0.6) is 5.75 Å². The van der Waals surface area contributed by atoms with E-state index in [1.165, 1.54) is 6.42 Å². The van der Waals surface area contributed by atoms with Crippen molar-refractivity contribution in [3.05, 3.63) is 64.0 Å². The maximum absolute atomic E-state index is 13.1. The number of thiazole rings is 1. The number of nitrogens with zero attached hydrogens (tertiary/aromatic N) is 3. The van der Waals surface area contributed by atoms with Crippen molar-refractivity contribution in [1.82, 2.24) is 9.88 Å². The first-order valence-corrected chi connectivity index (χ1v) is 15.9. The van der Waals surface area contributed by atoms with Crippen LogP contribution in [0.15, 0.2) is 41.8 Å². The number of rotatable bonds is 8. The maximum atomic E-state index is 13.1. The van der Waals surface area contributed by atoms with E-state index >= 15 is 0 Å². The number of aliphatic carboxylic acids is 1. The molecule has 7 nitrogen and oxygen atoms in total. The Balaban J connectivity index is 1.18. The Kier molecular flexibility index (Phi) is 8.02. The molecule has 2 bridgehead atoms. The second-order valence-corrected chi connectivity index (χ2v) is 12.7. The SMILES string of the molecule is CCc1cc(C(=O)N2CCCCC2)ccc1COc1ccc(C)cc1-c1csc(N2C[C@H]3CC[C@@H](C2)C3C(=O)O)n1. The van der Waals surface area contributed by atoms with E-state index in [4.69, 9.17) is 9.72 Å². The number of piperidine rings is 2. The number of carbonyl (C=O) groups is 2. The largest absolute Gasteiger partial charge is 0.488 e. The molecule has 3 fully saturated rings. The second kappa shape index (κ2) is 11.8. The molecule has 3 heterocycles. The summed E-state index contributed by atoms with van der Waals surface area (Å²) in [6.07, 6.45) is 6.18. The fourth-order valence-corrected chi connectivity index (χ4v) is 7.79. The van der Waals surface area contributed by atoms with E-state index in [0.717, 1.165) is 103 Å². The molecule has 1 amide bonds. The van der Waals surface area contributed by atoms with Crippen molar-refractivity contribution < 1.29 is 19.4 Å². The lowest BCUT2D eigenvalue weighted by molar-refractivity contribution is -0.144. The highest BCUT2D eigenvalue weighted by Crippen LogP contribution is 2.44. The summed E-state index contributed by atoms with van der Waals surface area (Å²) in [4.78, 5) is 34.1. The molecular formula is C33H39N3O4S. The first-order valence-electron chi connectivity index (χ1n) is 15.0. The van der Waals surface area contributed by atoms with E-state index in [-0.39, 0.29) is 23.7 Å². The van der Waals surface area contributed by atoms with Gasteiger partial charge in [-0.1, -0.05) is 24.6 Å². The first kappa shape index (κ1) is 27.8. The Labute approximate surface area is 246 Å². The van der Waals surface area contributed by atoms with Crippen molar-refractivity contribution in [3.63, 3.8) is 0 Å². The molecule has 216 valence electrons. The molecule has 1 aliphatic carbocycles. The van der Waals surface area contributed by atoms with Gasteiger partial charge in [0.15, 0.2) is 5.13 Å². The van der Waals surface area contributed by atoms with Crippen LogP contribution < -0.4 is 9.64 Å². The average molecular weight is 574 g/mol. The van der Waals surface area contributed by atoms with E-state index in [0.29, 0.717) is 6.61 Å². The quantitative estimate of drug-likeness (QED) is 0.334. The van der Waals surface area contributed by atoms with Crippen molar-refractivity contribution in [3.8, 4) is 17.0 Å². The molecule has 2 aliphatic heterocycles. The van der Waals surface area contributed by atoms with E-state index < -0.39 is 5.97 Å². The number of hydrogen-bond acceptors (Lipinski definition) is 6. The highest BCUT2D eigenvalue weighted by atomic mass is 32.1. The molecule has 1 saturated carbocycles. The minimum atomic E-state index is -0.645. The van der Waals surface area contributed by atoms with Gasteiger partial charge in [-0.2, -0.15) is 0 Å². The zero-order valence-corrected chi connectivity index (χ0v) is 24.8. The molecule has 0 radical (unpaired) electrons. The smallest absolute Gasteiger partial charge is 0.307 e. The Morgan fingerprint density at radius 1 is 1.02 bits per heavy atom. The Morgan fingerprint density at radius 3 is 2.49 bits per heavy atom. The molecule has 8 heteroatoms. The number of likely N-dealkylation sites (tertiary alicyclic amines) is 1. The van der Waals surface area contributed by atoms with E-state index in [9.17, 15) is 14.7 Å². The molecule has 6 rings (SSSR count). The predicted octanol–water partition coefficient (Wildman–Crippen LogP) is 6.43. The lowest BCUT2D eigenvalue weighted by Crippen LogP contribution is -2.44. The van der Waals surface area contributed by atoms with Gasteiger partial charge in [0.2, 0.25) is 0 Å². The van der Waals surface area contributed by atoms with Crippen molar-refractivity contribution in [2.75, 3.05) is 31.1 Å². The number of carbonyl (C=O) groups excluding carboxylic acids is 1. The monoisotopic (exact) mass is 573 g/mol. The standard InChI is InChI=1S/C33H39N3O4S/c1-3-22-16-23(31(37)35-13-5-4-6-14-35)8-11-26(22)19-40-29-12-7-21(2)15-27(29)28-20-41-33(34-28)36-17-24-9-10-25(18-36)30(24)32(38)39/h7-8,11-12,15-16,20,24-25,30H,3-6,9-10,13-14,17-19H2,1-2H3,(H,38,39)/t24-,25+,30?. The van der Waals surface area contributed by atoms with Crippen LogP contribution in [0.25, 0.3) is 11.3 Å².